The first kappa shape index (κ1) is 17.0. The van der Waals surface area contributed by atoms with Crippen molar-refractivity contribution in [2.45, 2.75) is 30.0 Å². The van der Waals surface area contributed by atoms with Crippen molar-refractivity contribution in [2.24, 2.45) is 0 Å². The summed E-state index contributed by atoms with van der Waals surface area (Å²) in [6, 6.07) is 0. The number of carboxylic acid groups (broad SMARTS) is 1. The molecule has 2 amide bonds. The summed E-state index contributed by atoms with van der Waals surface area (Å²) in [7, 11) is 1.38. The Morgan fingerprint density at radius 1 is 1.59 bits per heavy atom. The Hall–Kier alpha value is -1.35. The average Bonchev–Trinajstić information content (AvgIpc) is 2.50. The molecule has 22 heavy (non-hydrogen) atoms. The minimum Gasteiger partial charge on any atom is -0.498 e. The molecule has 2 aliphatic rings. The zero-order valence-corrected chi connectivity index (χ0v) is 14.2. The second-order valence-electron chi connectivity index (χ2n) is 4.86. The van der Waals surface area contributed by atoms with Gasteiger partial charge in [-0.05, 0) is 12.7 Å². The number of nitrogens with one attached hydrogen (secondary N) is 1. The van der Waals surface area contributed by atoms with Crippen LogP contribution >= 0.6 is 23.5 Å². The SMILES string of the molecule is CCCC(=O)NC1(SC)C(=O)N2C(C(=O)O)=C(OC)CS[C@@H]21. The molecule has 2 aliphatic heterocycles. The smallest absolute Gasteiger partial charge is 0.356 e. The second-order valence-corrected chi connectivity index (χ2v) is 6.98. The van der Waals surface area contributed by atoms with Gasteiger partial charge in [0.1, 0.15) is 11.1 Å². The van der Waals surface area contributed by atoms with Crippen molar-refractivity contribution in [1.82, 2.24) is 10.2 Å². The number of carboxylic acids is 1. The number of thioether (sulfide) groups is 2. The molecule has 0 aliphatic carbocycles. The van der Waals surface area contributed by atoms with Gasteiger partial charge >= 0.3 is 5.97 Å². The van der Waals surface area contributed by atoms with Gasteiger partial charge in [0, 0.05) is 6.42 Å². The lowest BCUT2D eigenvalue weighted by molar-refractivity contribution is -0.153. The average molecular weight is 346 g/mol. The molecule has 7 nitrogen and oxygen atoms in total. The van der Waals surface area contributed by atoms with Crippen LogP contribution in [0.5, 0.6) is 0 Å². The van der Waals surface area contributed by atoms with E-state index in [0.717, 1.165) is 0 Å². The summed E-state index contributed by atoms with van der Waals surface area (Å²) in [5.74, 6) is -1.22. The molecule has 2 atom stereocenters. The maximum Gasteiger partial charge on any atom is 0.356 e. The fourth-order valence-corrected chi connectivity index (χ4v) is 5.10. The molecule has 0 aromatic carbocycles. The molecule has 2 heterocycles. The van der Waals surface area contributed by atoms with Gasteiger partial charge < -0.3 is 15.2 Å². The van der Waals surface area contributed by atoms with Crippen molar-refractivity contribution in [3.8, 4) is 0 Å². The fraction of sp³-hybridized carbons (Fsp3) is 0.615. The van der Waals surface area contributed by atoms with Crippen LogP contribution in [0, 0.1) is 0 Å². The Morgan fingerprint density at radius 3 is 2.77 bits per heavy atom. The van der Waals surface area contributed by atoms with Crippen LogP contribution in [-0.4, -0.2) is 57.2 Å². The molecular weight excluding hydrogens is 328 g/mol. The molecule has 0 spiro atoms. The number of ether oxygens (including phenoxy) is 1. The van der Waals surface area contributed by atoms with Crippen LogP contribution in [0.4, 0.5) is 0 Å². The second kappa shape index (κ2) is 6.41. The zero-order chi connectivity index (χ0) is 16.5. The van der Waals surface area contributed by atoms with Crippen LogP contribution in [-0.2, 0) is 19.1 Å². The monoisotopic (exact) mass is 346 g/mol. The number of hydrogen-bond donors (Lipinski definition) is 2. The highest BCUT2D eigenvalue weighted by atomic mass is 32.2. The largest absolute Gasteiger partial charge is 0.498 e. The molecule has 9 heteroatoms. The van der Waals surface area contributed by atoms with Crippen molar-refractivity contribution in [3.05, 3.63) is 11.5 Å². The summed E-state index contributed by atoms with van der Waals surface area (Å²) in [5.41, 5.74) is -0.134. The summed E-state index contributed by atoms with van der Waals surface area (Å²) in [5, 5.41) is 11.7. The topological polar surface area (TPSA) is 95.9 Å². The normalized spacial score (nSPS) is 27.1. The van der Waals surface area contributed by atoms with Crippen LogP contribution in [0.3, 0.4) is 0 Å². The molecule has 2 N–H and O–H groups in total. The summed E-state index contributed by atoms with van der Waals surface area (Å²) in [4.78, 5) is 36.1. The van der Waals surface area contributed by atoms with Gasteiger partial charge in [0.15, 0.2) is 10.6 Å². The third-order valence-electron chi connectivity index (χ3n) is 3.57. The molecule has 122 valence electrons. The van der Waals surface area contributed by atoms with E-state index in [9.17, 15) is 19.5 Å². The number of methoxy groups -OCH3 is 1. The quantitative estimate of drug-likeness (QED) is 0.543. The molecule has 2 rings (SSSR count). The summed E-state index contributed by atoms with van der Waals surface area (Å²) in [6.45, 7) is 1.88. The highest BCUT2D eigenvalue weighted by Crippen LogP contribution is 2.50. The highest BCUT2D eigenvalue weighted by Gasteiger charge is 2.65. The van der Waals surface area contributed by atoms with Crippen molar-refractivity contribution in [1.29, 1.82) is 0 Å². The Bertz CT molecular complexity index is 551. The zero-order valence-electron chi connectivity index (χ0n) is 12.5. The van der Waals surface area contributed by atoms with Gasteiger partial charge in [-0.2, -0.15) is 0 Å². The predicted octanol–water partition coefficient (Wildman–Crippen LogP) is 0.820. The van der Waals surface area contributed by atoms with Gasteiger partial charge in [-0.1, -0.05) is 6.92 Å². The number of hydrogen-bond acceptors (Lipinski definition) is 6. The summed E-state index contributed by atoms with van der Waals surface area (Å²) in [6.07, 6.45) is 2.75. The number of carbonyl (C=O) groups is 3. The van der Waals surface area contributed by atoms with Gasteiger partial charge in [-0.15, -0.1) is 23.5 Å². The molecule has 0 aromatic heterocycles. The number of nitrogens with zero attached hydrogens (tertiary/aromatic N) is 1. The number of fused-ring (bicyclic) bond motifs is 1. The fourth-order valence-electron chi connectivity index (χ4n) is 2.50. The van der Waals surface area contributed by atoms with E-state index < -0.39 is 22.1 Å². The molecule has 0 saturated carbocycles. The lowest BCUT2D eigenvalue weighted by atomic mass is 10.0. The van der Waals surface area contributed by atoms with Gasteiger partial charge in [-0.3, -0.25) is 14.5 Å². The van der Waals surface area contributed by atoms with E-state index in [1.54, 1.807) is 6.26 Å². The van der Waals surface area contributed by atoms with Gasteiger partial charge in [0.05, 0.1) is 12.9 Å². The number of carbonyl (C=O) groups excluding carboxylic acids is 2. The van der Waals surface area contributed by atoms with Crippen molar-refractivity contribution in [2.75, 3.05) is 19.1 Å². The Morgan fingerprint density at radius 2 is 2.27 bits per heavy atom. The van der Waals surface area contributed by atoms with E-state index in [-0.39, 0.29) is 17.4 Å². The van der Waals surface area contributed by atoms with Crippen LogP contribution < -0.4 is 5.32 Å². The first-order chi connectivity index (χ1) is 10.4. The van der Waals surface area contributed by atoms with Crippen molar-refractivity contribution < 1.29 is 24.2 Å². The van der Waals surface area contributed by atoms with E-state index in [2.05, 4.69) is 5.32 Å². The minimum absolute atomic E-state index is 0.134. The minimum atomic E-state index is -1.20. The Balaban J connectivity index is 2.31. The van der Waals surface area contributed by atoms with Crippen LogP contribution in [0.2, 0.25) is 0 Å². The van der Waals surface area contributed by atoms with Crippen molar-refractivity contribution >= 4 is 41.3 Å². The van der Waals surface area contributed by atoms with Gasteiger partial charge in [0.25, 0.3) is 5.91 Å². The molecule has 1 fully saturated rings. The predicted molar refractivity (Wildman–Crippen MR) is 84.1 cm³/mol. The first-order valence-electron chi connectivity index (χ1n) is 6.74. The number of amides is 2. The lowest BCUT2D eigenvalue weighted by Crippen LogP contribution is -2.78. The van der Waals surface area contributed by atoms with E-state index in [1.165, 1.54) is 35.5 Å². The lowest BCUT2D eigenvalue weighted by Gasteiger charge is -2.56. The molecule has 0 aromatic rings. The number of β-lactam (4-membered cyclic amide) rings is 1. The molecule has 0 bridgehead atoms. The van der Waals surface area contributed by atoms with Crippen LogP contribution in [0.15, 0.2) is 11.5 Å². The third kappa shape index (κ3) is 2.45. The maximum absolute atomic E-state index is 12.6. The van der Waals surface area contributed by atoms with Gasteiger partial charge in [-0.25, -0.2) is 4.79 Å². The molecule has 1 unspecified atom stereocenters. The van der Waals surface area contributed by atoms with Gasteiger partial charge in [0.2, 0.25) is 5.91 Å². The maximum atomic E-state index is 12.6. The molecule has 1 saturated heterocycles. The Kier molecular flexibility index (Phi) is 4.96. The van der Waals surface area contributed by atoms with E-state index >= 15 is 0 Å². The molecule has 0 radical (unpaired) electrons. The number of rotatable bonds is 6. The third-order valence-corrected chi connectivity index (χ3v) is 6.17. The van der Waals surface area contributed by atoms with E-state index in [1.807, 2.05) is 6.92 Å². The summed E-state index contributed by atoms with van der Waals surface area (Å²) < 4.78 is 5.08. The first-order valence-corrected chi connectivity index (χ1v) is 9.02. The van der Waals surface area contributed by atoms with Crippen LogP contribution in [0.25, 0.3) is 0 Å². The highest BCUT2D eigenvalue weighted by molar-refractivity contribution is 8.05. The molecular formula is C13H18N2O5S2. The number of aliphatic carboxylic acids is 1. The summed E-state index contributed by atoms with van der Waals surface area (Å²) >= 11 is 2.61. The Labute approximate surface area is 136 Å². The van der Waals surface area contributed by atoms with E-state index in [0.29, 0.717) is 18.6 Å². The standard InChI is InChI=1S/C13H18N2O5S2/c1-4-5-8(16)14-13(21-3)11(19)15-9(10(17)18)7(20-2)6-22-12(13)15/h12H,4-6H2,1-3H3,(H,14,16)(H,17,18)/t12-,13?/m1/s1. The van der Waals surface area contributed by atoms with E-state index in [4.69, 9.17) is 4.74 Å². The van der Waals surface area contributed by atoms with Crippen LogP contribution in [0.1, 0.15) is 19.8 Å². The van der Waals surface area contributed by atoms with Crippen molar-refractivity contribution in [3.63, 3.8) is 0 Å².